The molecule has 0 aliphatic carbocycles. The molecule has 3 amide bonds. The fourth-order valence-corrected chi connectivity index (χ4v) is 4.11. The van der Waals surface area contributed by atoms with Gasteiger partial charge in [0.25, 0.3) is 0 Å². The zero-order chi connectivity index (χ0) is 22.7. The summed E-state index contributed by atoms with van der Waals surface area (Å²) < 4.78 is 11.2. The second kappa shape index (κ2) is 9.38. The minimum Gasteiger partial charge on any atom is -0.486 e. The Labute approximate surface area is 188 Å². The summed E-state index contributed by atoms with van der Waals surface area (Å²) in [5.74, 6) is 1.12. The normalized spacial score (nSPS) is 15.2. The van der Waals surface area contributed by atoms with Crippen LogP contribution in [0, 0.1) is 6.92 Å². The molecule has 0 atom stereocenters. The Morgan fingerprint density at radius 3 is 2.50 bits per heavy atom. The number of ether oxygens (including phenoxy) is 2. The van der Waals surface area contributed by atoms with Crippen molar-refractivity contribution < 1.29 is 19.1 Å². The van der Waals surface area contributed by atoms with E-state index < -0.39 is 0 Å². The highest BCUT2D eigenvalue weighted by Gasteiger charge is 2.31. The summed E-state index contributed by atoms with van der Waals surface area (Å²) in [6, 6.07) is 11.3. The van der Waals surface area contributed by atoms with E-state index in [0.29, 0.717) is 37.8 Å². The summed E-state index contributed by atoms with van der Waals surface area (Å²) in [6.07, 6.45) is 0. The maximum absolute atomic E-state index is 12.9. The van der Waals surface area contributed by atoms with Crippen molar-refractivity contribution in [1.29, 1.82) is 0 Å². The minimum absolute atomic E-state index is 0.0110. The van der Waals surface area contributed by atoms with E-state index >= 15 is 0 Å². The Balaban J connectivity index is 1.38. The van der Waals surface area contributed by atoms with Crippen molar-refractivity contribution in [1.82, 2.24) is 4.90 Å². The third-order valence-corrected chi connectivity index (χ3v) is 5.88. The fraction of sp³-hybridized carbons (Fsp3) is 0.417. The molecule has 0 unspecified atom stereocenters. The standard InChI is InChI=1S/C24H30N4O4/c1-4-26(5-2)18-6-8-20(17(3)14-18)25-23(29)16-27-10-11-28(24(27)30)19-7-9-21-22(15-19)32-13-12-31-21/h6-9,14-15H,4-5,10-13,16H2,1-3H3,(H,25,29). The number of fused-ring (bicyclic) bond motifs is 1. The number of nitrogens with zero attached hydrogens (tertiary/aromatic N) is 3. The SMILES string of the molecule is CCN(CC)c1ccc(NC(=O)CN2CCN(c3ccc4c(c3)OCCO4)C2=O)c(C)c1. The number of hydrogen-bond donors (Lipinski definition) is 1. The van der Waals surface area contributed by atoms with Gasteiger partial charge >= 0.3 is 6.03 Å². The van der Waals surface area contributed by atoms with Crippen LogP contribution in [0.15, 0.2) is 36.4 Å². The second-order valence-corrected chi connectivity index (χ2v) is 7.90. The van der Waals surface area contributed by atoms with Crippen molar-refractivity contribution in [3.63, 3.8) is 0 Å². The predicted molar refractivity (Wildman–Crippen MR) is 125 cm³/mol. The van der Waals surface area contributed by atoms with Gasteiger partial charge < -0.3 is 24.6 Å². The van der Waals surface area contributed by atoms with Crippen LogP contribution in [-0.2, 0) is 4.79 Å². The van der Waals surface area contributed by atoms with Crippen LogP contribution in [0.2, 0.25) is 0 Å². The monoisotopic (exact) mass is 438 g/mol. The lowest BCUT2D eigenvalue weighted by molar-refractivity contribution is -0.116. The first-order valence-electron chi connectivity index (χ1n) is 11.1. The second-order valence-electron chi connectivity index (χ2n) is 7.90. The number of aryl methyl sites for hydroxylation is 1. The molecule has 0 aromatic heterocycles. The summed E-state index contributed by atoms with van der Waals surface area (Å²) in [5, 5.41) is 2.95. The predicted octanol–water partition coefficient (Wildman–Crippen LogP) is 3.49. The van der Waals surface area contributed by atoms with Crippen molar-refractivity contribution in [2.24, 2.45) is 0 Å². The van der Waals surface area contributed by atoms with Gasteiger partial charge in [0, 0.05) is 49.3 Å². The van der Waals surface area contributed by atoms with E-state index in [0.717, 1.165) is 35.7 Å². The summed E-state index contributed by atoms with van der Waals surface area (Å²) in [7, 11) is 0. The molecule has 8 nitrogen and oxygen atoms in total. The van der Waals surface area contributed by atoms with Crippen molar-refractivity contribution in [2.45, 2.75) is 20.8 Å². The molecule has 2 aliphatic heterocycles. The van der Waals surface area contributed by atoms with Gasteiger partial charge in [-0.05, 0) is 56.7 Å². The van der Waals surface area contributed by atoms with Crippen LogP contribution < -0.4 is 24.6 Å². The van der Waals surface area contributed by atoms with Gasteiger partial charge in [-0.1, -0.05) is 0 Å². The lowest BCUT2D eigenvalue weighted by Gasteiger charge is -2.23. The molecule has 8 heteroatoms. The topological polar surface area (TPSA) is 74.4 Å². The molecule has 32 heavy (non-hydrogen) atoms. The van der Waals surface area contributed by atoms with Crippen LogP contribution in [0.1, 0.15) is 19.4 Å². The number of carbonyl (C=O) groups is 2. The maximum Gasteiger partial charge on any atom is 0.325 e. The molecule has 1 saturated heterocycles. The molecule has 170 valence electrons. The molecular weight excluding hydrogens is 408 g/mol. The summed E-state index contributed by atoms with van der Waals surface area (Å²) in [6.45, 7) is 10.1. The molecule has 2 heterocycles. The number of carbonyl (C=O) groups excluding carboxylic acids is 2. The van der Waals surface area contributed by atoms with Crippen LogP contribution in [-0.4, -0.2) is 62.8 Å². The molecule has 4 rings (SSSR count). The highest BCUT2D eigenvalue weighted by molar-refractivity contribution is 5.99. The van der Waals surface area contributed by atoms with Crippen molar-refractivity contribution in [3.8, 4) is 11.5 Å². The number of nitrogens with one attached hydrogen (secondary N) is 1. The Kier molecular flexibility index (Phi) is 6.39. The van der Waals surface area contributed by atoms with Crippen LogP contribution in [0.4, 0.5) is 21.9 Å². The molecule has 2 aromatic rings. The molecule has 1 fully saturated rings. The molecule has 1 N–H and O–H groups in total. The zero-order valence-electron chi connectivity index (χ0n) is 18.9. The lowest BCUT2D eigenvalue weighted by atomic mass is 10.1. The van der Waals surface area contributed by atoms with E-state index in [4.69, 9.17) is 9.47 Å². The first-order valence-corrected chi connectivity index (χ1v) is 11.1. The highest BCUT2D eigenvalue weighted by atomic mass is 16.6. The molecular formula is C24H30N4O4. The number of benzene rings is 2. The van der Waals surface area contributed by atoms with Crippen LogP contribution >= 0.6 is 0 Å². The average molecular weight is 439 g/mol. The summed E-state index contributed by atoms with van der Waals surface area (Å²) in [5.41, 5.74) is 3.63. The smallest absolute Gasteiger partial charge is 0.325 e. The van der Waals surface area contributed by atoms with Gasteiger partial charge in [0.15, 0.2) is 11.5 Å². The van der Waals surface area contributed by atoms with Crippen LogP contribution in [0.25, 0.3) is 0 Å². The highest BCUT2D eigenvalue weighted by Crippen LogP contribution is 2.35. The van der Waals surface area contributed by atoms with E-state index in [-0.39, 0.29) is 18.5 Å². The molecule has 2 aliphatic rings. The third kappa shape index (κ3) is 4.44. The maximum atomic E-state index is 12.9. The Bertz CT molecular complexity index is 1010. The van der Waals surface area contributed by atoms with Gasteiger partial charge in [-0.3, -0.25) is 9.69 Å². The van der Waals surface area contributed by atoms with Gasteiger partial charge in [-0.2, -0.15) is 0 Å². The third-order valence-electron chi connectivity index (χ3n) is 5.88. The molecule has 0 bridgehead atoms. The summed E-state index contributed by atoms with van der Waals surface area (Å²) in [4.78, 5) is 31.1. The molecule has 2 aromatic carbocycles. The molecule has 0 spiro atoms. The van der Waals surface area contributed by atoms with Crippen molar-refractivity contribution in [2.75, 3.05) is 61.1 Å². The lowest BCUT2D eigenvalue weighted by Crippen LogP contribution is -2.37. The van der Waals surface area contributed by atoms with E-state index in [9.17, 15) is 9.59 Å². The average Bonchev–Trinajstić information content (AvgIpc) is 3.16. The quantitative estimate of drug-likeness (QED) is 0.716. The van der Waals surface area contributed by atoms with Gasteiger partial charge in [0.05, 0.1) is 0 Å². The first-order chi connectivity index (χ1) is 15.5. The van der Waals surface area contributed by atoms with E-state index in [1.54, 1.807) is 9.80 Å². The van der Waals surface area contributed by atoms with Gasteiger partial charge in [-0.25, -0.2) is 4.79 Å². The Morgan fingerprint density at radius 2 is 1.78 bits per heavy atom. The van der Waals surface area contributed by atoms with Crippen LogP contribution in [0.3, 0.4) is 0 Å². The Morgan fingerprint density at radius 1 is 1.03 bits per heavy atom. The van der Waals surface area contributed by atoms with E-state index in [2.05, 4.69) is 30.1 Å². The summed E-state index contributed by atoms with van der Waals surface area (Å²) >= 11 is 0. The van der Waals surface area contributed by atoms with Gasteiger partial charge in [-0.15, -0.1) is 0 Å². The van der Waals surface area contributed by atoms with Gasteiger partial charge in [0.1, 0.15) is 19.8 Å². The van der Waals surface area contributed by atoms with Gasteiger partial charge in [0.2, 0.25) is 5.91 Å². The minimum atomic E-state index is -0.207. The zero-order valence-corrected chi connectivity index (χ0v) is 18.9. The van der Waals surface area contributed by atoms with Crippen LogP contribution in [0.5, 0.6) is 11.5 Å². The van der Waals surface area contributed by atoms with Crippen molar-refractivity contribution in [3.05, 3.63) is 42.0 Å². The largest absolute Gasteiger partial charge is 0.486 e. The number of urea groups is 1. The number of hydrogen-bond acceptors (Lipinski definition) is 5. The van der Waals surface area contributed by atoms with Crippen molar-refractivity contribution >= 4 is 29.0 Å². The first kappa shape index (κ1) is 21.8. The Hall–Kier alpha value is -3.42. The number of rotatable bonds is 7. The molecule has 0 radical (unpaired) electrons. The fourth-order valence-electron chi connectivity index (χ4n) is 4.11. The number of amides is 3. The number of anilines is 3. The molecule has 0 saturated carbocycles. The van der Waals surface area contributed by atoms with E-state index in [1.807, 2.05) is 37.3 Å². The van der Waals surface area contributed by atoms with E-state index in [1.165, 1.54) is 0 Å².